The predicted octanol–water partition coefficient (Wildman–Crippen LogP) is 4.50. The van der Waals surface area contributed by atoms with Crippen molar-refractivity contribution in [3.63, 3.8) is 0 Å². The molecule has 0 heterocycles. The first-order valence-corrected chi connectivity index (χ1v) is 8.84. The molecule has 1 N–H and O–H groups in total. The minimum Gasteiger partial charge on any atom is -0.444 e. The van der Waals surface area contributed by atoms with Crippen LogP contribution in [0.25, 0.3) is 0 Å². The number of ether oxygens (including phenoxy) is 1. The minimum atomic E-state index is -0.327. The molecule has 1 aliphatic carbocycles. The average molecular weight is 318 g/mol. The average Bonchev–Trinajstić information content (AvgIpc) is 2.54. The van der Waals surface area contributed by atoms with E-state index in [4.69, 9.17) is 4.74 Å². The van der Waals surface area contributed by atoms with E-state index in [2.05, 4.69) is 24.1 Å². The summed E-state index contributed by atoms with van der Waals surface area (Å²) < 4.78 is 5.81. The second-order valence-corrected chi connectivity index (χ2v) is 6.41. The van der Waals surface area contributed by atoms with E-state index in [1.165, 1.54) is 6.42 Å². The van der Waals surface area contributed by atoms with Crippen molar-refractivity contribution in [1.82, 2.24) is 4.90 Å². The number of carbonyl (C=O) groups is 1. The Kier molecular flexibility index (Phi) is 6.46. The lowest BCUT2D eigenvalue weighted by molar-refractivity contribution is 0.0124. The van der Waals surface area contributed by atoms with Crippen molar-refractivity contribution in [2.75, 3.05) is 18.4 Å². The van der Waals surface area contributed by atoms with Crippen molar-refractivity contribution >= 4 is 11.8 Å². The van der Waals surface area contributed by atoms with Crippen LogP contribution in [0.2, 0.25) is 0 Å². The summed E-state index contributed by atoms with van der Waals surface area (Å²) in [5, 5.41) is 2.94. The first-order chi connectivity index (χ1) is 11.1. The summed E-state index contributed by atoms with van der Waals surface area (Å²) in [6.45, 7) is 10.3. The molecule has 0 saturated heterocycles. The molecule has 0 radical (unpaired) electrons. The summed E-state index contributed by atoms with van der Waals surface area (Å²) >= 11 is 0. The van der Waals surface area contributed by atoms with Crippen LogP contribution in [0.5, 0.6) is 0 Å². The van der Waals surface area contributed by atoms with Crippen molar-refractivity contribution in [1.29, 1.82) is 0 Å². The van der Waals surface area contributed by atoms with Crippen molar-refractivity contribution in [2.24, 2.45) is 0 Å². The molecule has 2 rings (SSSR count). The van der Waals surface area contributed by atoms with E-state index >= 15 is 0 Å². The SMILES string of the molecule is CCN(CC)C1CCCCC1OC(=O)Nc1c(C)cccc1C. The second-order valence-electron chi connectivity index (χ2n) is 6.41. The number of rotatable bonds is 5. The number of likely N-dealkylation sites (N-methyl/N-ethyl adjacent to an activating group) is 1. The van der Waals surface area contributed by atoms with E-state index in [9.17, 15) is 4.79 Å². The molecule has 1 aromatic carbocycles. The van der Waals surface area contributed by atoms with E-state index in [0.717, 1.165) is 49.2 Å². The molecule has 4 heteroatoms. The highest BCUT2D eigenvalue weighted by Crippen LogP contribution is 2.26. The van der Waals surface area contributed by atoms with Gasteiger partial charge in [0.1, 0.15) is 6.10 Å². The van der Waals surface area contributed by atoms with Crippen LogP contribution in [0, 0.1) is 13.8 Å². The zero-order chi connectivity index (χ0) is 16.8. The lowest BCUT2D eigenvalue weighted by Crippen LogP contribution is -2.47. The molecule has 0 spiro atoms. The molecule has 1 amide bonds. The van der Waals surface area contributed by atoms with Crippen LogP contribution < -0.4 is 5.32 Å². The number of hydrogen-bond acceptors (Lipinski definition) is 3. The Hall–Kier alpha value is -1.55. The summed E-state index contributed by atoms with van der Waals surface area (Å²) in [6.07, 6.45) is 4.10. The van der Waals surface area contributed by atoms with Crippen LogP contribution in [0.15, 0.2) is 18.2 Å². The monoisotopic (exact) mass is 318 g/mol. The Balaban J connectivity index is 2.02. The zero-order valence-corrected chi connectivity index (χ0v) is 14.9. The van der Waals surface area contributed by atoms with Gasteiger partial charge < -0.3 is 4.74 Å². The van der Waals surface area contributed by atoms with Crippen molar-refractivity contribution in [3.8, 4) is 0 Å². The van der Waals surface area contributed by atoms with Crippen molar-refractivity contribution in [3.05, 3.63) is 29.3 Å². The summed E-state index contributed by atoms with van der Waals surface area (Å²) in [4.78, 5) is 14.8. The third-order valence-corrected chi connectivity index (χ3v) is 4.92. The number of aryl methyl sites for hydroxylation is 2. The van der Waals surface area contributed by atoms with Gasteiger partial charge in [-0.15, -0.1) is 0 Å². The Morgan fingerprint density at radius 3 is 2.39 bits per heavy atom. The maximum Gasteiger partial charge on any atom is 0.411 e. The fraction of sp³-hybridized carbons (Fsp3) is 0.632. The first kappa shape index (κ1) is 17.8. The molecule has 1 aliphatic rings. The van der Waals surface area contributed by atoms with Crippen molar-refractivity contribution in [2.45, 2.75) is 65.5 Å². The molecule has 0 bridgehead atoms. The Morgan fingerprint density at radius 2 is 1.78 bits per heavy atom. The van der Waals surface area contributed by atoms with Gasteiger partial charge in [0.15, 0.2) is 0 Å². The summed E-state index contributed by atoms with van der Waals surface area (Å²) in [5.74, 6) is 0. The summed E-state index contributed by atoms with van der Waals surface area (Å²) in [7, 11) is 0. The third-order valence-electron chi connectivity index (χ3n) is 4.92. The van der Waals surface area contributed by atoms with Gasteiger partial charge in [0.25, 0.3) is 0 Å². The van der Waals surface area contributed by atoms with E-state index in [-0.39, 0.29) is 12.2 Å². The lowest BCUT2D eigenvalue weighted by atomic mass is 9.91. The van der Waals surface area contributed by atoms with Crippen LogP contribution in [0.1, 0.15) is 50.7 Å². The van der Waals surface area contributed by atoms with Gasteiger partial charge in [0, 0.05) is 11.7 Å². The molecular formula is C19H30N2O2. The number of anilines is 1. The summed E-state index contributed by atoms with van der Waals surface area (Å²) in [6, 6.07) is 6.35. The molecule has 23 heavy (non-hydrogen) atoms. The molecular weight excluding hydrogens is 288 g/mol. The largest absolute Gasteiger partial charge is 0.444 e. The fourth-order valence-electron chi connectivity index (χ4n) is 3.61. The number of nitrogens with one attached hydrogen (secondary N) is 1. The summed E-state index contributed by atoms with van der Waals surface area (Å²) in [5.41, 5.74) is 2.99. The van der Waals surface area contributed by atoms with Gasteiger partial charge in [0.2, 0.25) is 0 Å². The fourth-order valence-corrected chi connectivity index (χ4v) is 3.61. The van der Waals surface area contributed by atoms with Gasteiger partial charge in [-0.3, -0.25) is 10.2 Å². The highest BCUT2D eigenvalue weighted by molar-refractivity contribution is 5.86. The van der Waals surface area contributed by atoms with Crippen LogP contribution in [0.4, 0.5) is 10.5 Å². The van der Waals surface area contributed by atoms with Gasteiger partial charge in [0.05, 0.1) is 0 Å². The third kappa shape index (κ3) is 4.47. The van der Waals surface area contributed by atoms with Crippen molar-refractivity contribution < 1.29 is 9.53 Å². The van der Waals surface area contributed by atoms with Gasteiger partial charge in [-0.1, -0.05) is 38.5 Å². The standard InChI is InChI=1S/C19H30N2O2/c1-5-21(6-2)16-12-7-8-13-17(16)23-19(22)20-18-14(3)10-9-11-15(18)4/h9-11,16-17H,5-8,12-13H2,1-4H3,(H,20,22). The number of benzene rings is 1. The molecule has 1 saturated carbocycles. The van der Waals surface area contributed by atoms with E-state index in [1.54, 1.807) is 0 Å². The number of hydrogen-bond donors (Lipinski definition) is 1. The van der Waals surface area contributed by atoms with E-state index in [1.807, 2.05) is 32.0 Å². The first-order valence-electron chi connectivity index (χ1n) is 8.84. The van der Waals surface area contributed by atoms with Crippen LogP contribution >= 0.6 is 0 Å². The molecule has 1 fully saturated rings. The predicted molar refractivity (Wildman–Crippen MR) is 95.0 cm³/mol. The highest BCUT2D eigenvalue weighted by Gasteiger charge is 2.31. The lowest BCUT2D eigenvalue weighted by Gasteiger charge is -2.38. The smallest absolute Gasteiger partial charge is 0.411 e. The van der Waals surface area contributed by atoms with E-state index < -0.39 is 0 Å². The number of amides is 1. The number of para-hydroxylation sites is 1. The molecule has 1 aromatic rings. The van der Waals surface area contributed by atoms with Gasteiger partial charge in [-0.25, -0.2) is 4.79 Å². The second kappa shape index (κ2) is 8.34. The molecule has 2 atom stereocenters. The van der Waals surface area contributed by atoms with Crippen LogP contribution in [0.3, 0.4) is 0 Å². The number of carbonyl (C=O) groups excluding carboxylic acids is 1. The van der Waals surface area contributed by atoms with Crippen LogP contribution in [-0.2, 0) is 4.74 Å². The quantitative estimate of drug-likeness (QED) is 0.869. The molecule has 0 aliphatic heterocycles. The molecule has 4 nitrogen and oxygen atoms in total. The topological polar surface area (TPSA) is 41.6 Å². The maximum atomic E-state index is 12.4. The Labute approximate surface area is 140 Å². The Bertz CT molecular complexity index is 506. The maximum absolute atomic E-state index is 12.4. The van der Waals surface area contributed by atoms with Crippen LogP contribution in [-0.4, -0.2) is 36.2 Å². The molecule has 2 unspecified atom stereocenters. The van der Waals surface area contributed by atoms with Gasteiger partial charge in [-0.2, -0.15) is 0 Å². The van der Waals surface area contributed by atoms with E-state index in [0.29, 0.717) is 6.04 Å². The highest BCUT2D eigenvalue weighted by atomic mass is 16.6. The minimum absolute atomic E-state index is 0.00651. The Morgan fingerprint density at radius 1 is 1.17 bits per heavy atom. The van der Waals surface area contributed by atoms with Gasteiger partial charge >= 0.3 is 6.09 Å². The number of nitrogens with zero attached hydrogens (tertiary/aromatic N) is 1. The van der Waals surface area contributed by atoms with Gasteiger partial charge in [-0.05, 0) is 57.3 Å². The normalized spacial score (nSPS) is 21.3. The molecule has 128 valence electrons. The molecule has 0 aromatic heterocycles. The zero-order valence-electron chi connectivity index (χ0n) is 14.9.